The molecule has 2 unspecified atom stereocenters. The minimum atomic E-state index is 0.228. The Bertz CT molecular complexity index is 301. The van der Waals surface area contributed by atoms with Crippen LogP contribution in [-0.4, -0.2) is 17.8 Å². The van der Waals surface area contributed by atoms with Crippen molar-refractivity contribution in [3.8, 4) is 0 Å². The number of aliphatic hydroxyl groups excluding tert-OH is 1. The van der Waals surface area contributed by atoms with Gasteiger partial charge in [0.25, 0.3) is 0 Å². The van der Waals surface area contributed by atoms with Gasteiger partial charge in [-0.15, -0.1) is 0 Å². The Morgan fingerprint density at radius 1 is 1.57 bits per heavy atom. The molecular weight excluding hydrogens is 174 g/mol. The van der Waals surface area contributed by atoms with Gasteiger partial charge in [-0.3, -0.25) is 0 Å². The highest BCUT2D eigenvalue weighted by atomic mass is 16.3. The summed E-state index contributed by atoms with van der Waals surface area (Å²) >= 11 is 0. The zero-order chi connectivity index (χ0) is 10.3. The molecule has 0 saturated carbocycles. The number of hydrogen-bond donors (Lipinski definition) is 2. The first-order chi connectivity index (χ1) is 6.55. The van der Waals surface area contributed by atoms with Gasteiger partial charge in [0, 0.05) is 29.7 Å². The monoisotopic (exact) mass is 193 g/mol. The van der Waals surface area contributed by atoms with Crippen molar-refractivity contribution in [2.75, 3.05) is 6.61 Å². The summed E-state index contributed by atoms with van der Waals surface area (Å²) in [7, 11) is 0. The molecule has 78 valence electrons. The second kappa shape index (κ2) is 3.13. The molecule has 2 nitrogen and oxygen atoms in total. The van der Waals surface area contributed by atoms with Crippen LogP contribution >= 0.6 is 0 Å². The molecule has 0 aromatic rings. The molecule has 0 fully saturated rings. The van der Waals surface area contributed by atoms with Crippen LogP contribution in [0.5, 0.6) is 0 Å². The maximum absolute atomic E-state index is 9.11. The van der Waals surface area contributed by atoms with E-state index in [1.807, 2.05) is 0 Å². The van der Waals surface area contributed by atoms with Crippen LogP contribution in [-0.2, 0) is 0 Å². The van der Waals surface area contributed by atoms with E-state index in [9.17, 15) is 0 Å². The Labute approximate surface area is 85.7 Å². The Morgan fingerprint density at radius 2 is 2.29 bits per heavy atom. The van der Waals surface area contributed by atoms with Gasteiger partial charge in [-0.05, 0) is 18.9 Å². The van der Waals surface area contributed by atoms with E-state index in [2.05, 4.69) is 38.2 Å². The molecule has 2 rings (SSSR count). The fourth-order valence-corrected chi connectivity index (χ4v) is 2.31. The van der Waals surface area contributed by atoms with E-state index in [0.717, 1.165) is 6.42 Å². The Balaban J connectivity index is 2.26. The predicted octanol–water partition coefficient (Wildman–Crippen LogP) is 1.83. The van der Waals surface area contributed by atoms with Crippen molar-refractivity contribution >= 4 is 0 Å². The number of nitrogens with one attached hydrogen (secondary N) is 1. The predicted molar refractivity (Wildman–Crippen MR) is 57.7 cm³/mol. The van der Waals surface area contributed by atoms with E-state index in [1.165, 1.54) is 11.3 Å². The summed E-state index contributed by atoms with van der Waals surface area (Å²) in [5.41, 5.74) is 2.99. The van der Waals surface area contributed by atoms with Gasteiger partial charge in [-0.2, -0.15) is 0 Å². The average Bonchev–Trinajstić information content (AvgIpc) is 2.38. The summed E-state index contributed by atoms with van der Waals surface area (Å²) < 4.78 is 0. The van der Waals surface area contributed by atoms with Gasteiger partial charge in [0.2, 0.25) is 0 Å². The van der Waals surface area contributed by atoms with Crippen LogP contribution in [0.15, 0.2) is 23.4 Å². The van der Waals surface area contributed by atoms with Gasteiger partial charge in [0.15, 0.2) is 0 Å². The van der Waals surface area contributed by atoms with Crippen LogP contribution in [0.2, 0.25) is 0 Å². The lowest BCUT2D eigenvalue weighted by atomic mass is 9.78. The summed E-state index contributed by atoms with van der Waals surface area (Å²) in [6.07, 6.45) is 5.30. The summed E-state index contributed by atoms with van der Waals surface area (Å²) in [5, 5.41) is 12.6. The molecule has 0 saturated heterocycles. The second-order valence-electron chi connectivity index (χ2n) is 4.99. The first kappa shape index (κ1) is 9.78. The number of hydrogen-bond acceptors (Lipinski definition) is 2. The van der Waals surface area contributed by atoms with Crippen molar-refractivity contribution < 1.29 is 5.11 Å². The number of allylic oxidation sites excluding steroid dienone is 2. The lowest BCUT2D eigenvalue weighted by Gasteiger charge is -2.26. The van der Waals surface area contributed by atoms with Crippen molar-refractivity contribution in [3.05, 3.63) is 23.4 Å². The maximum Gasteiger partial charge on any atom is 0.0497 e. The highest BCUT2D eigenvalue weighted by Gasteiger charge is 2.38. The summed E-state index contributed by atoms with van der Waals surface area (Å²) in [4.78, 5) is 0. The van der Waals surface area contributed by atoms with Crippen molar-refractivity contribution in [2.24, 2.45) is 11.3 Å². The molecule has 1 aliphatic carbocycles. The third kappa shape index (κ3) is 1.29. The second-order valence-corrected chi connectivity index (χ2v) is 4.99. The Hall–Kier alpha value is -0.760. The molecule has 1 heterocycles. The van der Waals surface area contributed by atoms with E-state index >= 15 is 0 Å². The van der Waals surface area contributed by atoms with E-state index in [1.54, 1.807) is 0 Å². The third-order valence-electron chi connectivity index (χ3n) is 3.73. The highest BCUT2D eigenvalue weighted by molar-refractivity contribution is 5.40. The zero-order valence-electron chi connectivity index (χ0n) is 9.17. The molecule has 0 aromatic carbocycles. The molecular formula is C12H19NO. The van der Waals surface area contributed by atoms with E-state index in [-0.39, 0.29) is 12.0 Å². The third-order valence-corrected chi connectivity index (χ3v) is 3.73. The van der Waals surface area contributed by atoms with Gasteiger partial charge in [-0.1, -0.05) is 26.0 Å². The summed E-state index contributed by atoms with van der Waals surface area (Å²) in [6, 6.07) is 0.495. The first-order valence-corrected chi connectivity index (χ1v) is 5.35. The smallest absolute Gasteiger partial charge is 0.0497 e. The molecule has 2 N–H and O–H groups in total. The van der Waals surface area contributed by atoms with Crippen molar-refractivity contribution in [1.29, 1.82) is 0 Å². The summed E-state index contributed by atoms with van der Waals surface area (Å²) in [5.74, 6) is 0.308. The highest BCUT2D eigenvalue weighted by Crippen LogP contribution is 2.42. The van der Waals surface area contributed by atoms with Crippen LogP contribution in [0.4, 0.5) is 0 Å². The quantitative estimate of drug-likeness (QED) is 0.666. The molecule has 0 amide bonds. The fraction of sp³-hybridized carbons (Fsp3) is 0.667. The standard InChI is InChI=1S/C12H19NO/c1-8-12(2,3)10-5-4-9(7-14)6-11(10)13-8/h4-5,8-9,13-14H,6-7H2,1-3H3. The molecule has 0 bridgehead atoms. The topological polar surface area (TPSA) is 32.3 Å². The number of rotatable bonds is 1. The lowest BCUT2D eigenvalue weighted by molar-refractivity contribution is 0.249. The van der Waals surface area contributed by atoms with Gasteiger partial charge in [-0.25, -0.2) is 0 Å². The average molecular weight is 193 g/mol. The molecule has 1 aliphatic heterocycles. The van der Waals surface area contributed by atoms with Crippen LogP contribution in [0.3, 0.4) is 0 Å². The van der Waals surface area contributed by atoms with Crippen molar-refractivity contribution in [2.45, 2.75) is 33.2 Å². The van der Waals surface area contributed by atoms with Crippen molar-refractivity contribution in [3.63, 3.8) is 0 Å². The van der Waals surface area contributed by atoms with Crippen molar-refractivity contribution in [1.82, 2.24) is 5.32 Å². The first-order valence-electron chi connectivity index (χ1n) is 5.35. The molecule has 2 atom stereocenters. The molecule has 0 radical (unpaired) electrons. The van der Waals surface area contributed by atoms with Crippen LogP contribution in [0, 0.1) is 11.3 Å². The maximum atomic E-state index is 9.11. The van der Waals surface area contributed by atoms with E-state index < -0.39 is 0 Å². The molecule has 0 aromatic heterocycles. The Morgan fingerprint density at radius 3 is 2.93 bits per heavy atom. The number of aliphatic hydroxyl groups is 1. The SMILES string of the molecule is CC1NC2=C(C=CC(CO)C2)C1(C)C. The molecule has 14 heavy (non-hydrogen) atoms. The summed E-state index contributed by atoms with van der Waals surface area (Å²) in [6.45, 7) is 7.02. The van der Waals surface area contributed by atoms with Crippen LogP contribution in [0.1, 0.15) is 27.2 Å². The lowest BCUT2D eigenvalue weighted by Crippen LogP contribution is -2.31. The van der Waals surface area contributed by atoms with Gasteiger partial charge < -0.3 is 10.4 Å². The van der Waals surface area contributed by atoms with Gasteiger partial charge in [0.05, 0.1) is 0 Å². The molecule has 2 aliphatic rings. The largest absolute Gasteiger partial charge is 0.396 e. The molecule has 0 spiro atoms. The van der Waals surface area contributed by atoms with Crippen LogP contribution < -0.4 is 5.32 Å². The fourth-order valence-electron chi connectivity index (χ4n) is 2.31. The normalized spacial score (nSPS) is 34.3. The van der Waals surface area contributed by atoms with Crippen LogP contribution in [0.25, 0.3) is 0 Å². The van der Waals surface area contributed by atoms with Gasteiger partial charge in [0.1, 0.15) is 0 Å². The van der Waals surface area contributed by atoms with E-state index in [0.29, 0.717) is 12.0 Å². The minimum absolute atomic E-state index is 0.228. The Kier molecular flexibility index (Phi) is 2.18. The zero-order valence-corrected chi connectivity index (χ0v) is 9.17. The molecule has 2 heteroatoms. The van der Waals surface area contributed by atoms with E-state index in [4.69, 9.17) is 5.11 Å². The van der Waals surface area contributed by atoms with Gasteiger partial charge >= 0.3 is 0 Å². The minimum Gasteiger partial charge on any atom is -0.396 e.